The van der Waals surface area contributed by atoms with Gasteiger partial charge in [0.2, 0.25) is 7.26 Å². The minimum Gasteiger partial charge on any atom is -0.505 e. The molecule has 0 radical (unpaired) electrons. The van der Waals surface area contributed by atoms with E-state index >= 15 is 0 Å². The molecule has 0 saturated heterocycles. The largest absolute Gasteiger partial charge is 0.505 e. The van der Waals surface area contributed by atoms with Crippen molar-refractivity contribution in [1.82, 2.24) is 4.98 Å². The van der Waals surface area contributed by atoms with E-state index in [1.165, 1.54) is 13.5 Å². The highest BCUT2D eigenvalue weighted by atomic mass is 35.5. The molecule has 0 aliphatic heterocycles. The predicted octanol–water partition coefficient (Wildman–Crippen LogP) is 0.174. The lowest BCUT2D eigenvalue weighted by atomic mass is 10.1. The number of aromatic nitrogens is 1. The van der Waals surface area contributed by atoms with Crippen molar-refractivity contribution in [3.63, 3.8) is 0 Å². The topological polar surface area (TPSA) is 70.4 Å². The molecule has 0 bridgehead atoms. The third kappa shape index (κ3) is 2.72. The standard InChI is InChI=1S/C8H9NO3.BClH2/c1-5-8(12)7(4-11)6(3-10)2-9-5;1-2/h2,4,10,12H,3H2,1H3;1H2. The molecule has 2 N–H and O–H groups in total. The van der Waals surface area contributed by atoms with Gasteiger partial charge in [-0.3, -0.25) is 9.78 Å². The summed E-state index contributed by atoms with van der Waals surface area (Å²) in [6.45, 7) is 1.29. The number of aldehydes is 1. The number of aromatic hydroxyl groups is 1. The van der Waals surface area contributed by atoms with Crippen LogP contribution in [0.5, 0.6) is 5.75 Å². The maximum Gasteiger partial charge on any atom is 0.215 e. The summed E-state index contributed by atoms with van der Waals surface area (Å²) in [5.74, 6) is -0.156. The van der Waals surface area contributed by atoms with Crippen LogP contribution in [0.15, 0.2) is 6.20 Å². The van der Waals surface area contributed by atoms with E-state index in [4.69, 9.17) is 5.11 Å². The Balaban J connectivity index is 0.000000791. The second-order valence-electron chi connectivity index (χ2n) is 2.41. The van der Waals surface area contributed by atoms with E-state index < -0.39 is 0 Å². The molecule has 14 heavy (non-hydrogen) atoms. The number of hydrogen-bond donors (Lipinski definition) is 2. The zero-order valence-electron chi connectivity index (χ0n) is 7.99. The first kappa shape index (κ1) is 12.9. The van der Waals surface area contributed by atoms with Crippen LogP contribution in [0.4, 0.5) is 0 Å². The van der Waals surface area contributed by atoms with E-state index in [0.29, 0.717) is 17.5 Å². The first-order chi connectivity index (χ1) is 6.70. The Kier molecular flexibility index (Phi) is 5.91. The average molecular weight is 215 g/mol. The molecule has 1 aromatic heterocycles. The SMILES string of the molecule is BCl.Cc1ncc(CO)c(C=O)c1O. The number of rotatable bonds is 2. The van der Waals surface area contributed by atoms with Crippen molar-refractivity contribution in [3.05, 3.63) is 23.0 Å². The Hall–Kier alpha value is -1.07. The Morgan fingerprint density at radius 1 is 1.64 bits per heavy atom. The fourth-order valence-corrected chi connectivity index (χ4v) is 0.910. The van der Waals surface area contributed by atoms with E-state index in [9.17, 15) is 9.90 Å². The van der Waals surface area contributed by atoms with Gasteiger partial charge in [0, 0.05) is 11.8 Å². The van der Waals surface area contributed by atoms with Crippen LogP contribution in [0.25, 0.3) is 0 Å². The molecular weight excluding hydrogens is 204 g/mol. The van der Waals surface area contributed by atoms with Gasteiger partial charge in [-0.2, -0.15) is 0 Å². The first-order valence-corrected chi connectivity index (χ1v) is 4.57. The van der Waals surface area contributed by atoms with Crippen molar-refractivity contribution in [1.29, 1.82) is 0 Å². The van der Waals surface area contributed by atoms with Gasteiger partial charge in [0.25, 0.3) is 0 Å². The van der Waals surface area contributed by atoms with Crippen LogP contribution in [0.2, 0.25) is 0 Å². The van der Waals surface area contributed by atoms with Gasteiger partial charge in [-0.05, 0) is 6.92 Å². The average Bonchev–Trinajstić information content (AvgIpc) is 2.24. The van der Waals surface area contributed by atoms with E-state index in [1.807, 2.05) is 0 Å². The minimum absolute atomic E-state index is 0.116. The van der Waals surface area contributed by atoms with Gasteiger partial charge in [-0.15, -0.1) is 0 Å². The molecule has 0 aliphatic carbocycles. The van der Waals surface area contributed by atoms with Crippen LogP contribution < -0.4 is 0 Å². The van der Waals surface area contributed by atoms with Crippen molar-refractivity contribution in [2.24, 2.45) is 0 Å². The summed E-state index contributed by atoms with van der Waals surface area (Å²) in [7, 11) is 1.47. The predicted molar refractivity (Wildman–Crippen MR) is 56.3 cm³/mol. The number of aryl methyl sites for hydroxylation is 1. The summed E-state index contributed by atoms with van der Waals surface area (Å²) >= 11 is 4.64. The third-order valence-corrected chi connectivity index (χ3v) is 1.65. The first-order valence-electron chi connectivity index (χ1n) is 3.82. The van der Waals surface area contributed by atoms with E-state index in [1.54, 1.807) is 6.92 Å². The zero-order chi connectivity index (χ0) is 11.1. The number of halogens is 1. The number of carbonyl (C=O) groups is 1. The highest BCUT2D eigenvalue weighted by Crippen LogP contribution is 2.21. The summed E-state index contributed by atoms with van der Waals surface area (Å²) in [5.41, 5.74) is 0.840. The van der Waals surface area contributed by atoms with E-state index in [0.717, 1.165) is 0 Å². The van der Waals surface area contributed by atoms with Gasteiger partial charge >= 0.3 is 0 Å². The highest BCUT2D eigenvalue weighted by molar-refractivity contribution is 6.80. The van der Waals surface area contributed by atoms with Gasteiger partial charge in [-0.25, -0.2) is 11.5 Å². The van der Waals surface area contributed by atoms with Crippen molar-refractivity contribution >= 4 is 25.0 Å². The summed E-state index contributed by atoms with van der Waals surface area (Å²) in [6.07, 6.45) is 1.88. The maximum absolute atomic E-state index is 10.5. The molecule has 0 spiro atoms. The molecule has 6 heteroatoms. The molecule has 0 aliphatic rings. The molecular formula is C8H11BClNO3. The molecule has 0 aromatic carbocycles. The number of aliphatic hydroxyl groups is 1. The van der Waals surface area contributed by atoms with Crippen molar-refractivity contribution < 1.29 is 15.0 Å². The Morgan fingerprint density at radius 2 is 2.21 bits per heavy atom. The van der Waals surface area contributed by atoms with Crippen LogP contribution in [0, 0.1) is 6.92 Å². The van der Waals surface area contributed by atoms with Crippen molar-refractivity contribution in [2.75, 3.05) is 0 Å². The van der Waals surface area contributed by atoms with Gasteiger partial charge in [0.05, 0.1) is 17.9 Å². The van der Waals surface area contributed by atoms with E-state index in [2.05, 4.69) is 16.4 Å². The van der Waals surface area contributed by atoms with Crippen molar-refractivity contribution in [2.45, 2.75) is 13.5 Å². The molecule has 0 atom stereocenters. The monoisotopic (exact) mass is 215 g/mol. The summed E-state index contributed by atoms with van der Waals surface area (Å²) in [6, 6.07) is 0. The van der Waals surface area contributed by atoms with Crippen LogP contribution in [0.3, 0.4) is 0 Å². The fraction of sp³-hybridized carbons (Fsp3) is 0.250. The molecule has 0 amide bonds. The van der Waals surface area contributed by atoms with Gasteiger partial charge in [0.15, 0.2) is 6.29 Å². The van der Waals surface area contributed by atoms with Crippen LogP contribution in [0.1, 0.15) is 21.6 Å². The Morgan fingerprint density at radius 3 is 2.64 bits per heavy atom. The second-order valence-corrected chi connectivity index (χ2v) is 2.41. The number of nitrogens with zero attached hydrogens (tertiary/aromatic N) is 1. The number of pyridine rings is 1. The summed E-state index contributed by atoms with van der Waals surface area (Å²) in [5, 5.41) is 18.1. The molecule has 0 saturated carbocycles. The number of carbonyl (C=O) groups excluding carboxylic acids is 1. The zero-order valence-corrected chi connectivity index (χ0v) is 8.75. The molecule has 0 fully saturated rings. The number of hydrogen-bond acceptors (Lipinski definition) is 4. The van der Waals surface area contributed by atoms with E-state index in [-0.39, 0.29) is 17.9 Å². The quantitative estimate of drug-likeness (QED) is 0.545. The fourth-order valence-electron chi connectivity index (χ4n) is 0.910. The third-order valence-electron chi connectivity index (χ3n) is 1.65. The molecule has 76 valence electrons. The lowest BCUT2D eigenvalue weighted by molar-refractivity contribution is 0.111. The van der Waals surface area contributed by atoms with Crippen molar-refractivity contribution in [3.8, 4) is 5.75 Å². The smallest absolute Gasteiger partial charge is 0.215 e. The van der Waals surface area contributed by atoms with Gasteiger partial charge in [0.1, 0.15) is 5.75 Å². The maximum atomic E-state index is 10.5. The highest BCUT2D eigenvalue weighted by Gasteiger charge is 2.09. The van der Waals surface area contributed by atoms with Crippen LogP contribution >= 0.6 is 11.5 Å². The Bertz CT molecular complexity index is 320. The number of aliphatic hydroxyl groups excluding tert-OH is 1. The summed E-state index contributed by atoms with van der Waals surface area (Å²) < 4.78 is 0. The molecule has 1 aromatic rings. The summed E-state index contributed by atoms with van der Waals surface area (Å²) in [4.78, 5) is 14.2. The normalized spacial score (nSPS) is 8.79. The molecule has 1 rings (SSSR count). The molecule has 4 nitrogen and oxygen atoms in total. The molecule has 1 heterocycles. The minimum atomic E-state index is -0.297. The van der Waals surface area contributed by atoms with Gasteiger partial charge in [-0.1, -0.05) is 0 Å². The van der Waals surface area contributed by atoms with Crippen LogP contribution in [-0.2, 0) is 6.61 Å². The second kappa shape index (κ2) is 6.40. The Labute approximate surface area is 87.9 Å². The van der Waals surface area contributed by atoms with Gasteiger partial charge < -0.3 is 10.2 Å². The lowest BCUT2D eigenvalue weighted by Crippen LogP contribution is -1.96. The molecule has 0 unspecified atom stereocenters. The lowest BCUT2D eigenvalue weighted by Gasteiger charge is -2.04. The van der Waals surface area contributed by atoms with Crippen LogP contribution in [-0.4, -0.2) is 28.7 Å².